The lowest BCUT2D eigenvalue weighted by molar-refractivity contribution is 0.0981. The van der Waals surface area contributed by atoms with Crippen LogP contribution in [-0.4, -0.2) is 119 Å². The highest BCUT2D eigenvalue weighted by Crippen LogP contribution is 2.46. The van der Waals surface area contributed by atoms with E-state index in [1.54, 1.807) is 25.4 Å². The molecule has 0 unspecified atom stereocenters. The third kappa shape index (κ3) is 7.36. The van der Waals surface area contributed by atoms with Crippen LogP contribution < -0.4 is 34.0 Å². The number of anilines is 6. The number of halogens is 1. The first-order valence-corrected chi connectivity index (χ1v) is 18.9. The van der Waals surface area contributed by atoms with Crippen molar-refractivity contribution in [3.8, 4) is 17.4 Å². The van der Waals surface area contributed by atoms with E-state index in [9.17, 15) is 8.42 Å². The Morgan fingerprint density at radius 2 is 1.77 bits per heavy atom. The lowest BCUT2D eigenvalue weighted by Crippen LogP contribution is -2.52. The minimum atomic E-state index is -3.63. The van der Waals surface area contributed by atoms with Gasteiger partial charge in [0.2, 0.25) is 21.9 Å². The standard InChI is InChI=1S/C32H44BrN9O5S/c1-6-21-19-25(31(45-4)38-30(21)42-11-9-22(10-12-42)41-15-13-39(2)14-16-41)36-32-34-20-23(33)29(37-32)35-24-7-8-26-28(47-18-17-46-26)27(24)40(3)48(5,43)44/h7-8,19-20,22H,6,9-18H2,1-5H3,(H2,34,35,36,37). The molecule has 2 fully saturated rings. The predicted molar refractivity (Wildman–Crippen MR) is 191 cm³/mol. The number of benzene rings is 1. The van der Waals surface area contributed by atoms with Crippen LogP contribution in [0.5, 0.6) is 17.4 Å². The number of piperazine rings is 1. The summed E-state index contributed by atoms with van der Waals surface area (Å²) in [6.45, 7) is 9.25. The Kier molecular flexibility index (Phi) is 10.3. The Morgan fingerprint density at radius 3 is 2.46 bits per heavy atom. The highest BCUT2D eigenvalue weighted by molar-refractivity contribution is 9.10. The van der Waals surface area contributed by atoms with E-state index in [1.807, 2.05) is 0 Å². The molecule has 14 nitrogen and oxygen atoms in total. The molecular formula is C32H44BrN9O5S. The Bertz CT molecular complexity index is 1730. The topological polar surface area (TPSA) is 138 Å². The molecule has 0 radical (unpaired) electrons. The van der Waals surface area contributed by atoms with E-state index >= 15 is 0 Å². The average Bonchev–Trinajstić information content (AvgIpc) is 3.09. The molecular weight excluding hydrogens is 702 g/mol. The van der Waals surface area contributed by atoms with Crippen molar-refractivity contribution in [2.24, 2.45) is 0 Å². The van der Waals surface area contributed by atoms with Gasteiger partial charge >= 0.3 is 0 Å². The molecule has 2 aromatic heterocycles. The van der Waals surface area contributed by atoms with Crippen molar-refractivity contribution in [1.29, 1.82) is 0 Å². The van der Waals surface area contributed by atoms with E-state index in [0.29, 0.717) is 69.9 Å². The SMILES string of the molecule is CCc1cc(Nc2ncc(Br)c(Nc3ccc4c(c3N(C)S(C)(=O)=O)OCCO4)n2)c(OC)nc1N1CCC(N2CCN(C)CC2)CC1. The average molecular weight is 747 g/mol. The Labute approximate surface area is 290 Å². The fourth-order valence-electron chi connectivity index (χ4n) is 6.38. The predicted octanol–water partition coefficient (Wildman–Crippen LogP) is 4.08. The van der Waals surface area contributed by atoms with Crippen LogP contribution in [0.15, 0.2) is 28.9 Å². The number of ether oxygens (including phenoxy) is 3. The van der Waals surface area contributed by atoms with Gasteiger partial charge in [-0.3, -0.25) is 9.21 Å². The molecule has 0 saturated carbocycles. The molecule has 260 valence electrons. The fraction of sp³-hybridized carbons (Fsp3) is 0.531. The first-order chi connectivity index (χ1) is 23.0. The maximum atomic E-state index is 12.6. The summed E-state index contributed by atoms with van der Waals surface area (Å²) >= 11 is 3.54. The number of likely N-dealkylation sites (N-methyl/N-ethyl adjacent to an activating group) is 1. The number of rotatable bonds is 10. The number of nitrogens with zero attached hydrogens (tertiary/aromatic N) is 7. The largest absolute Gasteiger partial charge is 0.486 e. The van der Waals surface area contributed by atoms with Crippen molar-refractivity contribution >= 4 is 60.6 Å². The number of pyridine rings is 1. The Hall–Kier alpha value is -3.60. The number of piperidine rings is 1. The second-order valence-corrected chi connectivity index (χ2v) is 15.2. The van der Waals surface area contributed by atoms with Crippen LogP contribution in [0.3, 0.4) is 0 Å². The summed E-state index contributed by atoms with van der Waals surface area (Å²) in [5.41, 5.74) is 2.54. The van der Waals surface area contributed by atoms with E-state index in [0.717, 1.165) is 80.5 Å². The zero-order valence-electron chi connectivity index (χ0n) is 28.1. The van der Waals surface area contributed by atoms with Crippen molar-refractivity contribution in [3.63, 3.8) is 0 Å². The lowest BCUT2D eigenvalue weighted by atomic mass is 10.0. The first kappa shape index (κ1) is 34.3. The van der Waals surface area contributed by atoms with Gasteiger partial charge < -0.3 is 34.6 Å². The summed E-state index contributed by atoms with van der Waals surface area (Å²) < 4.78 is 44.3. The number of methoxy groups -OCH3 is 1. The normalized spacial score (nSPS) is 17.7. The molecule has 2 saturated heterocycles. The molecule has 0 amide bonds. The van der Waals surface area contributed by atoms with Crippen LogP contribution in [0, 0.1) is 0 Å². The molecule has 16 heteroatoms. The van der Waals surface area contributed by atoms with Gasteiger partial charge in [0.1, 0.15) is 36.2 Å². The van der Waals surface area contributed by atoms with Crippen LogP contribution >= 0.6 is 15.9 Å². The van der Waals surface area contributed by atoms with E-state index < -0.39 is 10.0 Å². The quantitative estimate of drug-likeness (QED) is 0.309. The Balaban J connectivity index is 1.23. The summed E-state index contributed by atoms with van der Waals surface area (Å²) in [6, 6.07) is 6.15. The van der Waals surface area contributed by atoms with Crippen molar-refractivity contribution in [1.82, 2.24) is 24.8 Å². The molecule has 2 N–H and O–H groups in total. The second kappa shape index (κ2) is 14.5. The number of sulfonamides is 1. The minimum absolute atomic E-state index is 0.301. The molecule has 3 aliphatic heterocycles. The smallest absolute Gasteiger partial charge is 0.239 e. The third-order valence-corrected chi connectivity index (χ3v) is 10.9. The molecule has 5 heterocycles. The van der Waals surface area contributed by atoms with Gasteiger partial charge in [0.05, 0.1) is 23.5 Å². The number of fused-ring (bicyclic) bond motifs is 1. The van der Waals surface area contributed by atoms with Crippen LogP contribution in [-0.2, 0) is 16.4 Å². The highest BCUT2D eigenvalue weighted by atomic mass is 79.9. The molecule has 0 atom stereocenters. The summed E-state index contributed by atoms with van der Waals surface area (Å²) in [5, 5.41) is 6.56. The number of hydrogen-bond acceptors (Lipinski definition) is 13. The number of nitrogens with one attached hydrogen (secondary N) is 2. The van der Waals surface area contributed by atoms with Crippen LogP contribution in [0.2, 0.25) is 0 Å². The van der Waals surface area contributed by atoms with Gasteiger partial charge in [-0.2, -0.15) is 9.97 Å². The molecule has 6 rings (SSSR count). The van der Waals surface area contributed by atoms with Gasteiger partial charge in [0.25, 0.3) is 0 Å². The Morgan fingerprint density at radius 1 is 1.04 bits per heavy atom. The van der Waals surface area contributed by atoms with Gasteiger partial charge in [0, 0.05) is 58.6 Å². The van der Waals surface area contributed by atoms with Crippen molar-refractivity contribution < 1.29 is 22.6 Å². The van der Waals surface area contributed by atoms with Gasteiger partial charge in [-0.15, -0.1) is 0 Å². The summed E-state index contributed by atoms with van der Waals surface area (Å²) in [5.74, 6) is 2.93. The second-order valence-electron chi connectivity index (χ2n) is 12.3. The highest BCUT2D eigenvalue weighted by Gasteiger charge is 2.30. The van der Waals surface area contributed by atoms with Crippen LogP contribution in [0.1, 0.15) is 25.3 Å². The minimum Gasteiger partial charge on any atom is -0.486 e. The zero-order valence-corrected chi connectivity index (χ0v) is 30.5. The van der Waals surface area contributed by atoms with Crippen molar-refractivity contribution in [2.75, 3.05) is 99.8 Å². The van der Waals surface area contributed by atoms with Crippen molar-refractivity contribution in [3.05, 3.63) is 34.4 Å². The van der Waals surface area contributed by atoms with Gasteiger partial charge in [-0.1, -0.05) is 6.92 Å². The summed E-state index contributed by atoms with van der Waals surface area (Å²) in [6.07, 6.45) is 5.79. The summed E-state index contributed by atoms with van der Waals surface area (Å²) in [7, 11) is 1.65. The van der Waals surface area contributed by atoms with Gasteiger partial charge in [-0.05, 0) is 66.0 Å². The van der Waals surface area contributed by atoms with E-state index in [2.05, 4.69) is 66.3 Å². The summed E-state index contributed by atoms with van der Waals surface area (Å²) in [4.78, 5) is 21.6. The number of aryl methyl sites for hydroxylation is 1. The molecule has 0 aliphatic carbocycles. The first-order valence-electron chi connectivity index (χ1n) is 16.2. The molecule has 3 aliphatic rings. The molecule has 0 spiro atoms. The maximum absolute atomic E-state index is 12.6. The molecule has 48 heavy (non-hydrogen) atoms. The van der Waals surface area contributed by atoms with Crippen molar-refractivity contribution in [2.45, 2.75) is 32.2 Å². The van der Waals surface area contributed by atoms with E-state index in [1.165, 1.54) is 7.05 Å². The molecule has 0 bridgehead atoms. The van der Waals surface area contributed by atoms with E-state index in [4.69, 9.17) is 24.2 Å². The monoisotopic (exact) mass is 745 g/mol. The van der Waals surface area contributed by atoms with Gasteiger partial charge in [0.15, 0.2) is 11.5 Å². The van der Waals surface area contributed by atoms with Crippen LogP contribution in [0.4, 0.5) is 34.6 Å². The maximum Gasteiger partial charge on any atom is 0.239 e. The van der Waals surface area contributed by atoms with E-state index in [-0.39, 0.29) is 0 Å². The van der Waals surface area contributed by atoms with Gasteiger partial charge in [-0.25, -0.2) is 13.4 Å². The third-order valence-electron chi connectivity index (χ3n) is 9.17. The number of hydrogen-bond donors (Lipinski definition) is 2. The molecule has 3 aromatic rings. The lowest BCUT2D eigenvalue weighted by Gasteiger charge is -2.42. The zero-order chi connectivity index (χ0) is 34.0. The molecule has 1 aromatic carbocycles. The van der Waals surface area contributed by atoms with Crippen LogP contribution in [0.25, 0.3) is 0 Å². The number of aromatic nitrogens is 3. The fourth-order valence-corrected chi connectivity index (χ4v) is 7.18.